The molecule has 0 aliphatic rings. The molecule has 1 N–H and O–H groups in total. The molecule has 4 nitrogen and oxygen atoms in total. The maximum Gasteiger partial charge on any atom is 0.255 e. The summed E-state index contributed by atoms with van der Waals surface area (Å²) in [5.74, 6) is -0.299. The van der Waals surface area contributed by atoms with Crippen LogP contribution in [0.2, 0.25) is 0 Å². The Balaban J connectivity index is 1.92. The Labute approximate surface area is 118 Å². The minimum Gasteiger partial charge on any atom is -0.378 e. The number of aliphatic hydroxyl groups is 1. The summed E-state index contributed by atoms with van der Waals surface area (Å²) in [5, 5.41) is 10.0. The molecule has 1 atom stereocenters. The summed E-state index contributed by atoms with van der Waals surface area (Å²) in [6.45, 7) is 0.528. The molecular formula is C16H18N2O2. The van der Waals surface area contributed by atoms with Gasteiger partial charge in [-0.3, -0.25) is 9.78 Å². The highest BCUT2D eigenvalue weighted by Gasteiger charge is 2.20. The normalized spacial score (nSPS) is 11.9. The van der Waals surface area contributed by atoms with E-state index in [1.165, 1.54) is 4.90 Å². The van der Waals surface area contributed by atoms with Gasteiger partial charge in [-0.1, -0.05) is 36.4 Å². The lowest BCUT2D eigenvalue weighted by molar-refractivity contribution is -0.139. The zero-order valence-corrected chi connectivity index (χ0v) is 11.4. The molecular weight excluding hydrogens is 252 g/mol. The van der Waals surface area contributed by atoms with Crippen LogP contribution in [0.15, 0.2) is 54.7 Å². The molecule has 2 aromatic rings. The summed E-state index contributed by atoms with van der Waals surface area (Å²) in [6.07, 6.45) is 1.30. The van der Waals surface area contributed by atoms with Crippen molar-refractivity contribution < 1.29 is 9.90 Å². The summed E-state index contributed by atoms with van der Waals surface area (Å²) in [6, 6.07) is 14.7. The van der Waals surface area contributed by atoms with Crippen molar-refractivity contribution in [3.05, 3.63) is 66.0 Å². The van der Waals surface area contributed by atoms with Gasteiger partial charge in [-0.2, -0.15) is 0 Å². The molecule has 1 unspecified atom stereocenters. The zero-order chi connectivity index (χ0) is 14.4. The standard InChI is InChI=1S/C16H18N2O2/c1-18(12-10-14-9-5-6-11-17-14)16(20)15(19)13-7-3-2-4-8-13/h2-9,11,15,19H,10,12H2,1H3. The molecule has 20 heavy (non-hydrogen) atoms. The van der Waals surface area contributed by atoms with E-state index in [4.69, 9.17) is 0 Å². The Morgan fingerprint density at radius 2 is 1.90 bits per heavy atom. The summed E-state index contributed by atoms with van der Waals surface area (Å²) >= 11 is 0. The van der Waals surface area contributed by atoms with Gasteiger partial charge in [0.1, 0.15) is 0 Å². The van der Waals surface area contributed by atoms with Crippen molar-refractivity contribution >= 4 is 5.91 Å². The molecule has 0 bridgehead atoms. The molecule has 104 valence electrons. The van der Waals surface area contributed by atoms with Gasteiger partial charge in [0.05, 0.1) is 0 Å². The van der Waals surface area contributed by atoms with Gasteiger partial charge in [0.25, 0.3) is 5.91 Å². The molecule has 0 aliphatic carbocycles. The first-order valence-corrected chi connectivity index (χ1v) is 6.56. The Morgan fingerprint density at radius 3 is 2.55 bits per heavy atom. The van der Waals surface area contributed by atoms with E-state index in [1.807, 2.05) is 24.3 Å². The fourth-order valence-corrected chi connectivity index (χ4v) is 1.93. The minimum atomic E-state index is -1.11. The van der Waals surface area contributed by atoms with Gasteiger partial charge in [0.15, 0.2) is 6.10 Å². The zero-order valence-electron chi connectivity index (χ0n) is 11.4. The third-order valence-corrected chi connectivity index (χ3v) is 3.15. The average molecular weight is 270 g/mol. The van der Waals surface area contributed by atoms with Gasteiger partial charge in [0, 0.05) is 31.9 Å². The average Bonchev–Trinajstić information content (AvgIpc) is 2.53. The van der Waals surface area contributed by atoms with Crippen molar-refractivity contribution in [2.24, 2.45) is 0 Å². The maximum atomic E-state index is 12.1. The van der Waals surface area contributed by atoms with Crippen molar-refractivity contribution in [3.8, 4) is 0 Å². The van der Waals surface area contributed by atoms with E-state index in [-0.39, 0.29) is 5.91 Å². The molecule has 2 rings (SSSR count). The van der Waals surface area contributed by atoms with Crippen molar-refractivity contribution in [1.82, 2.24) is 9.88 Å². The molecule has 0 saturated carbocycles. The third-order valence-electron chi connectivity index (χ3n) is 3.15. The summed E-state index contributed by atoms with van der Waals surface area (Å²) in [7, 11) is 1.69. The predicted molar refractivity (Wildman–Crippen MR) is 77.0 cm³/mol. The van der Waals surface area contributed by atoms with Crippen LogP contribution >= 0.6 is 0 Å². The molecule has 1 aromatic carbocycles. The molecule has 1 aromatic heterocycles. The van der Waals surface area contributed by atoms with E-state index < -0.39 is 6.10 Å². The number of nitrogens with zero attached hydrogens (tertiary/aromatic N) is 2. The second-order valence-electron chi connectivity index (χ2n) is 4.64. The quantitative estimate of drug-likeness (QED) is 0.901. The number of benzene rings is 1. The van der Waals surface area contributed by atoms with Crippen LogP contribution < -0.4 is 0 Å². The van der Waals surface area contributed by atoms with Crippen LogP contribution in [0, 0.1) is 0 Å². The molecule has 0 saturated heterocycles. The number of hydrogen-bond donors (Lipinski definition) is 1. The lowest BCUT2D eigenvalue weighted by Crippen LogP contribution is -2.33. The van der Waals surface area contributed by atoms with Gasteiger partial charge in [0.2, 0.25) is 0 Å². The Bertz CT molecular complexity index is 543. The fourth-order valence-electron chi connectivity index (χ4n) is 1.93. The van der Waals surface area contributed by atoms with Gasteiger partial charge >= 0.3 is 0 Å². The Morgan fingerprint density at radius 1 is 1.20 bits per heavy atom. The molecule has 4 heteroatoms. The van der Waals surface area contributed by atoms with E-state index in [0.717, 1.165) is 5.69 Å². The van der Waals surface area contributed by atoms with Crippen LogP contribution in [-0.4, -0.2) is 34.5 Å². The minimum absolute atomic E-state index is 0.299. The molecule has 0 spiro atoms. The second-order valence-corrected chi connectivity index (χ2v) is 4.64. The monoisotopic (exact) mass is 270 g/mol. The molecule has 0 fully saturated rings. The first kappa shape index (κ1) is 14.2. The maximum absolute atomic E-state index is 12.1. The van der Waals surface area contributed by atoms with E-state index in [0.29, 0.717) is 18.5 Å². The number of amides is 1. The SMILES string of the molecule is CN(CCc1ccccn1)C(=O)C(O)c1ccccc1. The third kappa shape index (κ3) is 3.65. The number of carbonyl (C=O) groups excluding carboxylic acids is 1. The van der Waals surface area contributed by atoms with Crippen LogP contribution in [0.3, 0.4) is 0 Å². The van der Waals surface area contributed by atoms with Crippen LogP contribution in [-0.2, 0) is 11.2 Å². The fraction of sp³-hybridized carbons (Fsp3) is 0.250. The van der Waals surface area contributed by atoms with Gasteiger partial charge in [-0.15, -0.1) is 0 Å². The van der Waals surface area contributed by atoms with E-state index in [2.05, 4.69) is 4.98 Å². The number of hydrogen-bond acceptors (Lipinski definition) is 3. The summed E-state index contributed by atoms with van der Waals surface area (Å²) < 4.78 is 0. The van der Waals surface area contributed by atoms with Crippen molar-refractivity contribution in [2.45, 2.75) is 12.5 Å². The van der Waals surface area contributed by atoms with Crippen LogP contribution in [0.1, 0.15) is 17.4 Å². The number of rotatable bonds is 5. The number of likely N-dealkylation sites (N-methyl/N-ethyl adjacent to an activating group) is 1. The van der Waals surface area contributed by atoms with E-state index >= 15 is 0 Å². The van der Waals surface area contributed by atoms with Crippen LogP contribution in [0.25, 0.3) is 0 Å². The topological polar surface area (TPSA) is 53.4 Å². The first-order valence-electron chi connectivity index (χ1n) is 6.56. The van der Waals surface area contributed by atoms with E-state index in [9.17, 15) is 9.90 Å². The Hall–Kier alpha value is -2.20. The van der Waals surface area contributed by atoms with Gasteiger partial charge in [-0.05, 0) is 17.7 Å². The summed E-state index contributed by atoms with van der Waals surface area (Å²) in [4.78, 5) is 17.9. The number of pyridine rings is 1. The van der Waals surface area contributed by atoms with Crippen molar-refractivity contribution in [3.63, 3.8) is 0 Å². The predicted octanol–water partition coefficient (Wildman–Crippen LogP) is 1.82. The summed E-state index contributed by atoms with van der Waals surface area (Å²) in [5.41, 5.74) is 1.54. The van der Waals surface area contributed by atoms with Gasteiger partial charge < -0.3 is 10.0 Å². The lowest BCUT2D eigenvalue weighted by Gasteiger charge is -2.20. The molecule has 0 radical (unpaired) electrons. The molecule has 1 heterocycles. The highest BCUT2D eigenvalue weighted by atomic mass is 16.3. The van der Waals surface area contributed by atoms with Gasteiger partial charge in [-0.25, -0.2) is 0 Å². The van der Waals surface area contributed by atoms with E-state index in [1.54, 1.807) is 37.5 Å². The molecule has 1 amide bonds. The Kier molecular flexibility index (Phi) is 4.85. The molecule has 0 aliphatic heterocycles. The highest BCUT2D eigenvalue weighted by molar-refractivity contribution is 5.81. The highest BCUT2D eigenvalue weighted by Crippen LogP contribution is 2.14. The van der Waals surface area contributed by atoms with Crippen molar-refractivity contribution in [2.75, 3.05) is 13.6 Å². The lowest BCUT2D eigenvalue weighted by atomic mass is 10.1. The van der Waals surface area contributed by atoms with Crippen molar-refractivity contribution in [1.29, 1.82) is 0 Å². The van der Waals surface area contributed by atoms with Crippen LogP contribution in [0.5, 0.6) is 0 Å². The number of carbonyl (C=O) groups is 1. The van der Waals surface area contributed by atoms with Crippen LogP contribution in [0.4, 0.5) is 0 Å². The number of aromatic nitrogens is 1. The smallest absolute Gasteiger partial charge is 0.255 e. The second kappa shape index (κ2) is 6.82. The largest absolute Gasteiger partial charge is 0.378 e. The first-order chi connectivity index (χ1) is 9.68. The number of aliphatic hydroxyl groups excluding tert-OH is 1.